The van der Waals surface area contributed by atoms with Crippen molar-refractivity contribution in [3.05, 3.63) is 52.6 Å². The maximum absolute atomic E-state index is 12.4. The minimum Gasteiger partial charge on any atom is -0.290 e. The van der Waals surface area contributed by atoms with Gasteiger partial charge in [0.25, 0.3) is 10.0 Å². The van der Waals surface area contributed by atoms with E-state index in [1.807, 2.05) is 13.8 Å². The number of carbonyl (C=O) groups is 1. The van der Waals surface area contributed by atoms with Gasteiger partial charge in [-0.1, -0.05) is 25.4 Å². The van der Waals surface area contributed by atoms with Crippen molar-refractivity contribution < 1.29 is 13.2 Å². The fourth-order valence-corrected chi connectivity index (χ4v) is 3.15. The molecule has 0 N–H and O–H groups in total. The van der Waals surface area contributed by atoms with Gasteiger partial charge in [0, 0.05) is 5.02 Å². The molecule has 6 heteroatoms. The molecule has 0 unspecified atom stereocenters. The molecule has 116 valence electrons. The molecular formula is C16H16ClNO3S. The van der Waals surface area contributed by atoms with Crippen molar-refractivity contribution in [2.45, 2.75) is 25.7 Å². The Hall–Kier alpha value is -1.72. The summed E-state index contributed by atoms with van der Waals surface area (Å²) in [6.07, 6.45) is 2.97. The average Bonchev–Trinajstić information content (AvgIpc) is 2.42. The Balaban J connectivity index is 2.52. The molecule has 0 aliphatic heterocycles. The van der Waals surface area contributed by atoms with Gasteiger partial charge in [0.05, 0.1) is 10.6 Å². The lowest BCUT2D eigenvalue weighted by atomic mass is 9.90. The molecule has 2 rings (SSSR count). The van der Waals surface area contributed by atoms with Gasteiger partial charge in [-0.15, -0.1) is 0 Å². The van der Waals surface area contributed by atoms with E-state index in [-0.39, 0.29) is 16.6 Å². The van der Waals surface area contributed by atoms with E-state index in [1.165, 1.54) is 36.4 Å². The summed E-state index contributed by atoms with van der Waals surface area (Å²) >= 11 is 5.77. The van der Waals surface area contributed by atoms with E-state index >= 15 is 0 Å². The number of rotatable bonds is 3. The summed E-state index contributed by atoms with van der Waals surface area (Å²) in [6, 6.07) is 5.81. The Morgan fingerprint density at radius 1 is 1.09 bits per heavy atom. The first-order chi connectivity index (χ1) is 10.2. The normalized spacial score (nSPS) is 17.7. The van der Waals surface area contributed by atoms with E-state index < -0.39 is 10.0 Å². The first-order valence-electron chi connectivity index (χ1n) is 6.76. The van der Waals surface area contributed by atoms with Crippen LogP contribution in [0.15, 0.2) is 56.9 Å². The second-order valence-electron chi connectivity index (χ2n) is 5.35. The van der Waals surface area contributed by atoms with Crippen molar-refractivity contribution in [1.82, 2.24) is 0 Å². The van der Waals surface area contributed by atoms with E-state index in [1.54, 1.807) is 6.92 Å². The lowest BCUT2D eigenvalue weighted by Gasteiger charge is -2.16. The maximum atomic E-state index is 12.4. The lowest BCUT2D eigenvalue weighted by Crippen LogP contribution is -2.17. The zero-order valence-corrected chi connectivity index (χ0v) is 14.1. The molecule has 0 heterocycles. The zero-order valence-electron chi connectivity index (χ0n) is 12.5. The molecule has 0 saturated heterocycles. The molecule has 1 aliphatic rings. The molecular weight excluding hydrogens is 322 g/mol. The Morgan fingerprint density at radius 3 is 2.23 bits per heavy atom. The van der Waals surface area contributed by atoms with Crippen molar-refractivity contribution in [2.24, 2.45) is 10.3 Å². The maximum Gasteiger partial charge on any atom is 0.282 e. The van der Waals surface area contributed by atoms with E-state index in [0.29, 0.717) is 21.9 Å². The average molecular weight is 338 g/mol. The largest absolute Gasteiger partial charge is 0.290 e. The second kappa shape index (κ2) is 6.18. The van der Waals surface area contributed by atoms with E-state index in [0.717, 1.165) is 0 Å². The molecule has 0 fully saturated rings. The van der Waals surface area contributed by atoms with E-state index in [2.05, 4.69) is 4.40 Å². The highest BCUT2D eigenvalue weighted by molar-refractivity contribution is 7.90. The van der Waals surface area contributed by atoms with Crippen molar-refractivity contribution in [1.29, 1.82) is 0 Å². The summed E-state index contributed by atoms with van der Waals surface area (Å²) in [7, 11) is -3.85. The SMILES string of the molecule is CC1=CC(=NS(=O)(=O)c2ccc(Cl)cc2)C(C(C)C)=CC1=O. The molecule has 1 aromatic rings. The van der Waals surface area contributed by atoms with Crippen LogP contribution in [0, 0.1) is 5.92 Å². The third-order valence-corrected chi connectivity index (χ3v) is 4.83. The minimum absolute atomic E-state index is 0.00697. The Bertz CT molecular complexity index is 800. The van der Waals surface area contributed by atoms with E-state index in [4.69, 9.17) is 11.6 Å². The first kappa shape index (κ1) is 16.6. The van der Waals surface area contributed by atoms with Gasteiger partial charge in [-0.25, -0.2) is 0 Å². The number of benzene rings is 1. The highest BCUT2D eigenvalue weighted by Gasteiger charge is 2.22. The van der Waals surface area contributed by atoms with Gasteiger partial charge in [0.1, 0.15) is 0 Å². The molecule has 0 bridgehead atoms. The number of hydrogen-bond acceptors (Lipinski definition) is 3. The Labute approximate surface area is 135 Å². The van der Waals surface area contributed by atoms with E-state index in [9.17, 15) is 13.2 Å². The number of halogens is 1. The van der Waals surface area contributed by atoms with Crippen molar-refractivity contribution >= 4 is 33.1 Å². The molecule has 0 radical (unpaired) electrons. The van der Waals surface area contributed by atoms with Crippen LogP contribution in [-0.4, -0.2) is 19.9 Å². The molecule has 0 saturated carbocycles. The second-order valence-corrected chi connectivity index (χ2v) is 7.39. The predicted molar refractivity (Wildman–Crippen MR) is 87.8 cm³/mol. The van der Waals surface area contributed by atoms with Crippen LogP contribution in [0.1, 0.15) is 20.8 Å². The topological polar surface area (TPSA) is 63.6 Å². The van der Waals surface area contributed by atoms with Crippen LogP contribution in [0.25, 0.3) is 0 Å². The summed E-state index contributed by atoms with van der Waals surface area (Å²) in [5.41, 5.74) is 1.39. The molecule has 0 spiro atoms. The summed E-state index contributed by atoms with van der Waals surface area (Å²) in [5, 5.41) is 0.452. The molecule has 1 aliphatic carbocycles. The van der Waals surface area contributed by atoms with Gasteiger partial charge < -0.3 is 0 Å². The van der Waals surface area contributed by atoms with Crippen molar-refractivity contribution in [3.63, 3.8) is 0 Å². The van der Waals surface area contributed by atoms with Crippen LogP contribution in [-0.2, 0) is 14.8 Å². The minimum atomic E-state index is -3.85. The number of hydrogen-bond donors (Lipinski definition) is 0. The molecule has 0 amide bonds. The number of allylic oxidation sites excluding steroid dienone is 4. The highest BCUT2D eigenvalue weighted by atomic mass is 35.5. The van der Waals surface area contributed by atoms with Crippen LogP contribution in [0.4, 0.5) is 0 Å². The number of sulfonamides is 1. The summed E-state index contributed by atoms with van der Waals surface area (Å²) in [4.78, 5) is 11.8. The van der Waals surface area contributed by atoms with Gasteiger partial charge in [-0.3, -0.25) is 4.79 Å². The van der Waals surface area contributed by atoms with Crippen LogP contribution >= 0.6 is 11.6 Å². The van der Waals surface area contributed by atoms with Gasteiger partial charge in [0.15, 0.2) is 5.78 Å². The third kappa shape index (κ3) is 3.54. The van der Waals surface area contributed by atoms with Crippen LogP contribution in [0.5, 0.6) is 0 Å². The molecule has 0 aromatic heterocycles. The third-order valence-electron chi connectivity index (χ3n) is 3.28. The predicted octanol–water partition coefficient (Wildman–Crippen LogP) is 3.58. The summed E-state index contributed by atoms with van der Waals surface area (Å²) < 4.78 is 28.7. The number of nitrogens with zero attached hydrogens (tertiary/aromatic N) is 1. The first-order valence-corrected chi connectivity index (χ1v) is 8.57. The smallest absolute Gasteiger partial charge is 0.282 e. The van der Waals surface area contributed by atoms with Gasteiger partial charge in [0.2, 0.25) is 0 Å². The van der Waals surface area contributed by atoms with Crippen LogP contribution in [0.2, 0.25) is 5.02 Å². The van der Waals surface area contributed by atoms with Gasteiger partial charge >= 0.3 is 0 Å². The quantitative estimate of drug-likeness (QED) is 0.792. The monoisotopic (exact) mass is 337 g/mol. The molecule has 1 aromatic carbocycles. The van der Waals surface area contributed by atoms with Gasteiger partial charge in [-0.2, -0.15) is 12.8 Å². The number of carbonyl (C=O) groups excluding carboxylic acids is 1. The Kier molecular flexibility index (Phi) is 4.68. The fourth-order valence-electron chi connectivity index (χ4n) is 2.02. The molecule has 0 atom stereocenters. The summed E-state index contributed by atoms with van der Waals surface area (Å²) in [6.45, 7) is 5.41. The van der Waals surface area contributed by atoms with Crippen molar-refractivity contribution in [3.8, 4) is 0 Å². The highest BCUT2D eigenvalue weighted by Crippen LogP contribution is 2.23. The molecule has 22 heavy (non-hydrogen) atoms. The fraction of sp³-hybridized carbons (Fsp3) is 0.250. The standard InChI is InChI=1S/C16H16ClNO3S/c1-10(2)14-9-16(19)11(3)8-15(14)18-22(20,21)13-6-4-12(17)5-7-13/h4-10H,1-3H3. The van der Waals surface area contributed by atoms with Gasteiger partial charge in [-0.05, 0) is 60.4 Å². The zero-order chi connectivity index (χ0) is 16.5. The number of ketones is 1. The van der Waals surface area contributed by atoms with Crippen molar-refractivity contribution in [2.75, 3.05) is 0 Å². The Morgan fingerprint density at radius 2 is 1.68 bits per heavy atom. The van der Waals surface area contributed by atoms with Crippen LogP contribution < -0.4 is 0 Å². The molecule has 4 nitrogen and oxygen atoms in total. The summed E-state index contributed by atoms with van der Waals surface area (Å²) in [5.74, 6) is -0.126. The lowest BCUT2D eigenvalue weighted by molar-refractivity contribution is -0.111. The van der Waals surface area contributed by atoms with Crippen LogP contribution in [0.3, 0.4) is 0 Å².